The number of rotatable bonds is 5. The molecule has 21 heavy (non-hydrogen) atoms. The summed E-state index contributed by atoms with van der Waals surface area (Å²) in [4.78, 5) is 4.21. The number of para-hydroxylation sites is 1. The molecule has 0 spiro atoms. The molecule has 0 bridgehead atoms. The van der Waals surface area contributed by atoms with E-state index in [2.05, 4.69) is 35.5 Å². The molecule has 0 saturated heterocycles. The zero-order valence-electron chi connectivity index (χ0n) is 12.9. The Morgan fingerprint density at radius 1 is 1.24 bits per heavy atom. The number of unbranched alkanes of at least 4 members (excludes halogenated alkanes) is 1. The number of fused-ring (bicyclic) bond motifs is 1. The number of hydrogen-bond donors (Lipinski definition) is 2. The number of nitrogens with zero attached hydrogens (tertiary/aromatic N) is 1. The fourth-order valence-electron chi connectivity index (χ4n) is 2.16. The second-order valence-corrected chi connectivity index (χ2v) is 4.85. The van der Waals surface area contributed by atoms with Crippen molar-refractivity contribution in [3.05, 3.63) is 35.6 Å². The van der Waals surface area contributed by atoms with Crippen molar-refractivity contribution in [2.75, 3.05) is 13.6 Å². The number of furan rings is 1. The van der Waals surface area contributed by atoms with Crippen LogP contribution in [-0.2, 0) is 6.54 Å². The Labute approximate surface area is 143 Å². The van der Waals surface area contributed by atoms with Gasteiger partial charge in [0.1, 0.15) is 11.3 Å². The van der Waals surface area contributed by atoms with Crippen LogP contribution in [0, 0.1) is 6.92 Å². The third-order valence-electron chi connectivity index (χ3n) is 3.41. The van der Waals surface area contributed by atoms with Gasteiger partial charge in [-0.25, -0.2) is 0 Å². The lowest BCUT2D eigenvalue weighted by Gasteiger charge is -2.10. The summed E-state index contributed by atoms with van der Waals surface area (Å²) in [6, 6.07) is 8.12. The second kappa shape index (κ2) is 8.92. The Kier molecular flexibility index (Phi) is 7.56. The van der Waals surface area contributed by atoms with Crippen LogP contribution in [0.15, 0.2) is 33.7 Å². The second-order valence-electron chi connectivity index (χ2n) is 4.85. The molecule has 1 heterocycles. The SMILES string of the molecule is CCCCNC(=NC)NCc1oc2ccccc2c1C.I. The van der Waals surface area contributed by atoms with Crippen LogP contribution in [0.3, 0.4) is 0 Å². The molecule has 4 nitrogen and oxygen atoms in total. The first-order valence-corrected chi connectivity index (χ1v) is 7.17. The fraction of sp³-hybridized carbons (Fsp3) is 0.438. The number of halogens is 1. The Bertz CT molecular complexity index is 592. The summed E-state index contributed by atoms with van der Waals surface area (Å²) in [6.45, 7) is 5.85. The largest absolute Gasteiger partial charge is 0.459 e. The molecule has 116 valence electrons. The van der Waals surface area contributed by atoms with Gasteiger partial charge in [0.05, 0.1) is 6.54 Å². The zero-order chi connectivity index (χ0) is 14.4. The van der Waals surface area contributed by atoms with E-state index >= 15 is 0 Å². The van der Waals surface area contributed by atoms with E-state index in [1.165, 1.54) is 17.4 Å². The highest BCUT2D eigenvalue weighted by molar-refractivity contribution is 14.0. The van der Waals surface area contributed by atoms with Gasteiger partial charge in [-0.05, 0) is 19.4 Å². The maximum Gasteiger partial charge on any atom is 0.191 e. The summed E-state index contributed by atoms with van der Waals surface area (Å²) in [5, 5.41) is 7.76. The Morgan fingerprint density at radius 3 is 2.67 bits per heavy atom. The van der Waals surface area contributed by atoms with Crippen LogP contribution in [0.4, 0.5) is 0 Å². The van der Waals surface area contributed by atoms with Gasteiger partial charge in [0.25, 0.3) is 0 Å². The number of hydrogen-bond acceptors (Lipinski definition) is 2. The molecule has 0 aliphatic heterocycles. The molecule has 1 aromatic heterocycles. The van der Waals surface area contributed by atoms with Crippen molar-refractivity contribution in [1.29, 1.82) is 0 Å². The normalized spacial score (nSPS) is 11.3. The van der Waals surface area contributed by atoms with Crippen LogP contribution in [-0.4, -0.2) is 19.6 Å². The molecule has 0 aliphatic rings. The van der Waals surface area contributed by atoms with Crippen LogP contribution in [0.1, 0.15) is 31.1 Å². The van der Waals surface area contributed by atoms with Gasteiger partial charge in [-0.2, -0.15) is 0 Å². The lowest BCUT2D eigenvalue weighted by Crippen LogP contribution is -2.37. The quantitative estimate of drug-likeness (QED) is 0.347. The van der Waals surface area contributed by atoms with Crippen LogP contribution < -0.4 is 10.6 Å². The monoisotopic (exact) mass is 401 g/mol. The minimum atomic E-state index is 0. The van der Waals surface area contributed by atoms with Crippen molar-refractivity contribution in [2.45, 2.75) is 33.2 Å². The van der Waals surface area contributed by atoms with Crippen molar-refractivity contribution >= 4 is 40.9 Å². The van der Waals surface area contributed by atoms with Gasteiger partial charge in [0.2, 0.25) is 0 Å². The average Bonchev–Trinajstić information content (AvgIpc) is 2.80. The highest BCUT2D eigenvalue weighted by atomic mass is 127. The zero-order valence-corrected chi connectivity index (χ0v) is 15.2. The molecule has 2 N–H and O–H groups in total. The number of benzene rings is 1. The van der Waals surface area contributed by atoms with E-state index in [0.29, 0.717) is 6.54 Å². The van der Waals surface area contributed by atoms with Gasteiger partial charge in [0.15, 0.2) is 5.96 Å². The summed E-state index contributed by atoms with van der Waals surface area (Å²) < 4.78 is 5.87. The predicted octanol–water partition coefficient (Wildman–Crippen LogP) is 3.82. The number of aliphatic imine (C=N–C) groups is 1. The molecule has 0 unspecified atom stereocenters. The average molecular weight is 401 g/mol. The lowest BCUT2D eigenvalue weighted by molar-refractivity contribution is 0.534. The molecule has 0 radical (unpaired) electrons. The third kappa shape index (κ3) is 4.62. The lowest BCUT2D eigenvalue weighted by atomic mass is 10.1. The molecule has 2 rings (SSSR count). The van der Waals surface area contributed by atoms with Crippen molar-refractivity contribution in [3.63, 3.8) is 0 Å². The van der Waals surface area contributed by atoms with E-state index in [4.69, 9.17) is 4.42 Å². The van der Waals surface area contributed by atoms with Gasteiger partial charge < -0.3 is 15.1 Å². The molecular formula is C16H24IN3O. The number of guanidine groups is 1. The van der Waals surface area contributed by atoms with Crippen molar-refractivity contribution in [1.82, 2.24) is 10.6 Å². The Hall–Kier alpha value is -1.24. The minimum Gasteiger partial charge on any atom is -0.459 e. The molecule has 0 atom stereocenters. The van der Waals surface area contributed by atoms with Crippen molar-refractivity contribution in [2.24, 2.45) is 4.99 Å². The van der Waals surface area contributed by atoms with Gasteiger partial charge in [-0.3, -0.25) is 4.99 Å². The first-order valence-electron chi connectivity index (χ1n) is 7.17. The van der Waals surface area contributed by atoms with Crippen LogP contribution >= 0.6 is 24.0 Å². The molecule has 1 aromatic carbocycles. The summed E-state index contributed by atoms with van der Waals surface area (Å²) in [7, 11) is 1.78. The summed E-state index contributed by atoms with van der Waals surface area (Å²) >= 11 is 0. The maximum atomic E-state index is 5.87. The highest BCUT2D eigenvalue weighted by Crippen LogP contribution is 2.24. The van der Waals surface area contributed by atoms with E-state index in [1.807, 2.05) is 18.2 Å². The summed E-state index contributed by atoms with van der Waals surface area (Å²) in [5.41, 5.74) is 2.13. The van der Waals surface area contributed by atoms with Gasteiger partial charge in [0, 0.05) is 24.5 Å². The van der Waals surface area contributed by atoms with Crippen LogP contribution in [0.5, 0.6) is 0 Å². The van der Waals surface area contributed by atoms with Crippen LogP contribution in [0.2, 0.25) is 0 Å². The van der Waals surface area contributed by atoms with E-state index < -0.39 is 0 Å². The predicted molar refractivity (Wildman–Crippen MR) is 99.5 cm³/mol. The third-order valence-corrected chi connectivity index (χ3v) is 3.41. The molecule has 0 amide bonds. The van der Waals surface area contributed by atoms with Gasteiger partial charge >= 0.3 is 0 Å². The molecule has 0 aliphatic carbocycles. The summed E-state index contributed by atoms with van der Waals surface area (Å²) in [6.07, 6.45) is 2.32. The molecule has 2 aromatic rings. The van der Waals surface area contributed by atoms with Gasteiger partial charge in [-0.15, -0.1) is 24.0 Å². The van der Waals surface area contributed by atoms with Crippen LogP contribution in [0.25, 0.3) is 11.0 Å². The number of aryl methyl sites for hydroxylation is 1. The van der Waals surface area contributed by atoms with Gasteiger partial charge in [-0.1, -0.05) is 31.5 Å². The molecule has 5 heteroatoms. The molecule has 0 saturated carbocycles. The van der Waals surface area contributed by atoms with E-state index in [9.17, 15) is 0 Å². The standard InChI is InChI=1S/C16H23N3O.HI/c1-4-5-10-18-16(17-3)19-11-15-12(2)13-8-6-7-9-14(13)20-15;/h6-9H,4-5,10-11H2,1-3H3,(H2,17,18,19);1H. The first kappa shape index (κ1) is 17.8. The van der Waals surface area contributed by atoms with E-state index in [0.717, 1.165) is 30.3 Å². The maximum absolute atomic E-state index is 5.87. The first-order chi connectivity index (χ1) is 9.76. The Balaban J connectivity index is 0.00000220. The van der Waals surface area contributed by atoms with E-state index in [1.54, 1.807) is 7.05 Å². The molecule has 0 fully saturated rings. The van der Waals surface area contributed by atoms with Crippen molar-refractivity contribution in [3.8, 4) is 0 Å². The summed E-state index contributed by atoms with van der Waals surface area (Å²) in [5.74, 6) is 1.78. The smallest absolute Gasteiger partial charge is 0.191 e. The number of nitrogens with one attached hydrogen (secondary N) is 2. The minimum absolute atomic E-state index is 0. The fourth-order valence-corrected chi connectivity index (χ4v) is 2.16. The highest BCUT2D eigenvalue weighted by Gasteiger charge is 2.09. The van der Waals surface area contributed by atoms with E-state index in [-0.39, 0.29) is 24.0 Å². The molecular weight excluding hydrogens is 377 g/mol. The van der Waals surface area contributed by atoms with Crippen molar-refractivity contribution < 1.29 is 4.42 Å². The topological polar surface area (TPSA) is 49.6 Å². The Morgan fingerprint density at radius 2 is 2.00 bits per heavy atom.